The Morgan fingerprint density at radius 1 is 1.48 bits per heavy atom. The SMILES string of the molecule is CC1=NN(C(=O)COc2ccc(Cl)cc2C)[C@@](O)(C(F)(F)F)C1. The Morgan fingerprint density at radius 3 is 2.70 bits per heavy atom. The summed E-state index contributed by atoms with van der Waals surface area (Å²) in [5.41, 5.74) is -2.72. The predicted molar refractivity (Wildman–Crippen MR) is 77.3 cm³/mol. The molecule has 0 fully saturated rings. The maximum absolute atomic E-state index is 13.0. The molecule has 0 aromatic heterocycles. The standard InChI is InChI=1S/C14H14ClF3N2O3/c1-8-5-10(15)3-4-11(8)23-7-12(21)20-13(22,14(16,17)18)6-9(2)19-20/h3-5,22H,6-7H2,1-2H3/t13-/m0/s1. The molecule has 1 N–H and O–H groups in total. The van der Waals surface area contributed by atoms with E-state index in [-0.39, 0.29) is 10.7 Å². The van der Waals surface area contributed by atoms with Gasteiger partial charge >= 0.3 is 6.18 Å². The molecule has 1 amide bonds. The number of aliphatic hydroxyl groups is 1. The minimum Gasteiger partial charge on any atom is -0.483 e. The fourth-order valence-corrected chi connectivity index (χ4v) is 2.40. The molecule has 0 radical (unpaired) electrons. The van der Waals surface area contributed by atoms with Gasteiger partial charge in [0.25, 0.3) is 11.6 Å². The van der Waals surface area contributed by atoms with Crippen molar-refractivity contribution < 1.29 is 27.8 Å². The Labute approximate surface area is 135 Å². The van der Waals surface area contributed by atoms with E-state index < -0.39 is 30.8 Å². The van der Waals surface area contributed by atoms with Crippen molar-refractivity contribution in [3.8, 4) is 5.75 Å². The Bertz CT molecular complexity index is 663. The topological polar surface area (TPSA) is 62.1 Å². The summed E-state index contributed by atoms with van der Waals surface area (Å²) in [7, 11) is 0. The number of hydrogen-bond acceptors (Lipinski definition) is 4. The molecule has 0 bridgehead atoms. The highest BCUT2D eigenvalue weighted by atomic mass is 35.5. The van der Waals surface area contributed by atoms with Crippen LogP contribution >= 0.6 is 11.6 Å². The van der Waals surface area contributed by atoms with Gasteiger partial charge in [0.05, 0.1) is 0 Å². The molecule has 1 atom stereocenters. The number of nitrogens with zero attached hydrogens (tertiary/aromatic N) is 2. The highest BCUT2D eigenvalue weighted by molar-refractivity contribution is 6.30. The van der Waals surface area contributed by atoms with Gasteiger partial charge in [-0.25, -0.2) is 0 Å². The van der Waals surface area contributed by atoms with Crippen molar-refractivity contribution in [2.75, 3.05) is 6.61 Å². The number of aryl methyl sites for hydroxylation is 1. The second-order valence-corrected chi connectivity index (χ2v) is 5.67. The van der Waals surface area contributed by atoms with Crippen molar-refractivity contribution in [3.63, 3.8) is 0 Å². The summed E-state index contributed by atoms with van der Waals surface area (Å²) in [5.74, 6) is -0.797. The van der Waals surface area contributed by atoms with Gasteiger partial charge in [-0.15, -0.1) is 0 Å². The van der Waals surface area contributed by atoms with Crippen LogP contribution in [0.4, 0.5) is 13.2 Å². The molecule has 2 rings (SSSR count). The van der Waals surface area contributed by atoms with E-state index in [1.54, 1.807) is 13.0 Å². The van der Waals surface area contributed by atoms with Crippen LogP contribution < -0.4 is 4.74 Å². The number of rotatable bonds is 3. The third-order valence-corrected chi connectivity index (χ3v) is 3.54. The van der Waals surface area contributed by atoms with Gasteiger partial charge in [-0.3, -0.25) is 4.79 Å². The van der Waals surface area contributed by atoms with Crippen molar-refractivity contribution >= 4 is 23.2 Å². The lowest BCUT2D eigenvalue weighted by atomic mass is 10.1. The van der Waals surface area contributed by atoms with E-state index in [1.165, 1.54) is 19.1 Å². The highest BCUT2D eigenvalue weighted by Crippen LogP contribution is 2.40. The van der Waals surface area contributed by atoms with Gasteiger partial charge in [0.1, 0.15) is 5.75 Å². The van der Waals surface area contributed by atoms with E-state index in [1.807, 2.05) is 0 Å². The van der Waals surface area contributed by atoms with Crippen LogP contribution in [0, 0.1) is 6.92 Å². The number of alkyl halides is 3. The van der Waals surface area contributed by atoms with Crippen LogP contribution in [0.25, 0.3) is 0 Å². The van der Waals surface area contributed by atoms with Crippen molar-refractivity contribution in [2.45, 2.75) is 32.2 Å². The second-order valence-electron chi connectivity index (χ2n) is 5.23. The predicted octanol–water partition coefficient (Wildman–Crippen LogP) is 2.89. The average Bonchev–Trinajstić information content (AvgIpc) is 2.73. The molecule has 0 spiro atoms. The van der Waals surface area contributed by atoms with Crippen molar-refractivity contribution in [1.29, 1.82) is 0 Å². The van der Waals surface area contributed by atoms with Crippen molar-refractivity contribution in [1.82, 2.24) is 5.01 Å². The number of halogens is 4. The zero-order valence-corrected chi connectivity index (χ0v) is 13.1. The van der Waals surface area contributed by atoms with Crippen LogP contribution in [0.5, 0.6) is 5.75 Å². The Hall–Kier alpha value is -1.80. The number of hydrazone groups is 1. The molecule has 1 aliphatic rings. The number of ether oxygens (including phenoxy) is 1. The van der Waals surface area contributed by atoms with Crippen LogP contribution in [0.2, 0.25) is 5.02 Å². The zero-order chi connectivity index (χ0) is 17.4. The lowest BCUT2D eigenvalue weighted by Crippen LogP contribution is -2.57. The quantitative estimate of drug-likeness (QED) is 0.911. The van der Waals surface area contributed by atoms with Crippen LogP contribution in [-0.4, -0.2) is 40.2 Å². The Balaban J connectivity index is 2.13. The average molecular weight is 351 g/mol. The Morgan fingerprint density at radius 2 is 2.13 bits per heavy atom. The maximum Gasteiger partial charge on any atom is 0.438 e. The summed E-state index contributed by atoms with van der Waals surface area (Å²) in [6, 6.07) is 4.61. The van der Waals surface area contributed by atoms with Gasteiger partial charge in [-0.2, -0.15) is 23.3 Å². The number of benzene rings is 1. The summed E-state index contributed by atoms with van der Waals surface area (Å²) >= 11 is 5.78. The van der Waals surface area contributed by atoms with Gasteiger partial charge in [-0.05, 0) is 37.6 Å². The minimum atomic E-state index is -5.03. The van der Waals surface area contributed by atoms with E-state index in [2.05, 4.69) is 5.10 Å². The van der Waals surface area contributed by atoms with E-state index in [0.29, 0.717) is 16.3 Å². The van der Waals surface area contributed by atoms with Crippen molar-refractivity contribution in [3.05, 3.63) is 28.8 Å². The van der Waals surface area contributed by atoms with Gasteiger partial charge in [0.2, 0.25) is 0 Å². The molecule has 0 saturated heterocycles. The number of amides is 1. The minimum absolute atomic E-state index is 0.000786. The fourth-order valence-electron chi connectivity index (χ4n) is 2.18. The molecule has 126 valence electrons. The highest BCUT2D eigenvalue weighted by Gasteiger charge is 2.62. The normalized spacial score (nSPS) is 21.3. The van der Waals surface area contributed by atoms with E-state index >= 15 is 0 Å². The van der Waals surface area contributed by atoms with E-state index in [9.17, 15) is 23.1 Å². The van der Waals surface area contributed by atoms with Crippen LogP contribution in [0.3, 0.4) is 0 Å². The molecule has 9 heteroatoms. The van der Waals surface area contributed by atoms with Crippen LogP contribution in [0.15, 0.2) is 23.3 Å². The molecule has 0 saturated carbocycles. The number of carbonyl (C=O) groups is 1. The first-order valence-electron chi connectivity index (χ1n) is 6.60. The first-order chi connectivity index (χ1) is 10.5. The third-order valence-electron chi connectivity index (χ3n) is 3.30. The molecule has 1 heterocycles. The molecule has 0 unspecified atom stereocenters. The van der Waals surface area contributed by atoms with Crippen LogP contribution in [-0.2, 0) is 4.79 Å². The molecule has 1 aliphatic heterocycles. The lowest BCUT2D eigenvalue weighted by Gasteiger charge is -2.32. The van der Waals surface area contributed by atoms with Gasteiger partial charge < -0.3 is 9.84 Å². The second kappa shape index (κ2) is 6.01. The third kappa shape index (κ3) is 3.42. The Kier molecular flexibility index (Phi) is 4.59. The molecule has 5 nitrogen and oxygen atoms in total. The van der Waals surface area contributed by atoms with E-state index in [4.69, 9.17) is 16.3 Å². The summed E-state index contributed by atoms with van der Waals surface area (Å²) < 4.78 is 44.3. The first kappa shape index (κ1) is 17.6. The van der Waals surface area contributed by atoms with Gasteiger partial charge in [0.15, 0.2) is 6.61 Å². The smallest absolute Gasteiger partial charge is 0.438 e. The summed E-state index contributed by atoms with van der Waals surface area (Å²) in [6.07, 6.45) is -5.82. The monoisotopic (exact) mass is 350 g/mol. The molecule has 0 aliphatic carbocycles. The molecule has 1 aromatic rings. The summed E-state index contributed by atoms with van der Waals surface area (Å²) in [5, 5.41) is 13.8. The van der Waals surface area contributed by atoms with Crippen LogP contribution in [0.1, 0.15) is 18.9 Å². The number of hydrogen-bond donors (Lipinski definition) is 1. The van der Waals surface area contributed by atoms with E-state index in [0.717, 1.165) is 0 Å². The fraction of sp³-hybridized carbons (Fsp3) is 0.429. The molecular formula is C14H14ClF3N2O3. The molecule has 1 aromatic carbocycles. The first-order valence-corrected chi connectivity index (χ1v) is 6.97. The summed E-state index contributed by atoms with van der Waals surface area (Å²) in [6.45, 7) is 2.28. The zero-order valence-electron chi connectivity index (χ0n) is 12.3. The van der Waals surface area contributed by atoms with Crippen molar-refractivity contribution in [2.24, 2.45) is 5.10 Å². The maximum atomic E-state index is 13.0. The summed E-state index contributed by atoms with van der Waals surface area (Å²) in [4.78, 5) is 12.0. The number of carbonyl (C=O) groups excluding carboxylic acids is 1. The lowest BCUT2D eigenvalue weighted by molar-refractivity contribution is -0.302. The van der Waals surface area contributed by atoms with Gasteiger partial charge in [-0.1, -0.05) is 11.6 Å². The molecule has 23 heavy (non-hydrogen) atoms. The van der Waals surface area contributed by atoms with Gasteiger partial charge in [0, 0.05) is 17.2 Å². The largest absolute Gasteiger partial charge is 0.483 e. The molecular weight excluding hydrogens is 337 g/mol.